The fourth-order valence-corrected chi connectivity index (χ4v) is 512. The first-order chi connectivity index (χ1) is 19.2. The van der Waals surface area contributed by atoms with E-state index in [0.29, 0.717) is 40.3 Å². The molecule has 0 unspecified atom stereocenters. The predicted molar refractivity (Wildman–Crippen MR) is 245 cm³/mol. The molecule has 0 radical (unpaired) electrons. The zero-order valence-electron chi connectivity index (χ0n) is 36.8. The van der Waals surface area contributed by atoms with E-state index in [1.54, 1.807) is 0 Å². The minimum atomic E-state index is -2.13. The number of halogens is 2. The molecule has 1 aliphatic heterocycles. The minimum Gasteiger partial charge on any atom is -0.132 e. The van der Waals surface area contributed by atoms with Gasteiger partial charge in [-0.15, -0.1) is 30.6 Å². The summed E-state index contributed by atoms with van der Waals surface area (Å²) in [6, 6.07) is 0. The third-order valence-electron chi connectivity index (χ3n) is 15.8. The molecule has 0 nitrogen and oxygen atoms in total. The van der Waals surface area contributed by atoms with Gasteiger partial charge in [-0.05, 0) is 54.2 Å². The van der Waals surface area contributed by atoms with E-state index in [9.17, 15) is 0 Å². The topological polar surface area (TPSA) is 0 Å². The van der Waals surface area contributed by atoms with Gasteiger partial charge in [-0.2, -0.15) is 0 Å². The molecule has 0 aliphatic carbocycles. The van der Waals surface area contributed by atoms with Gasteiger partial charge < -0.3 is 0 Å². The van der Waals surface area contributed by atoms with Crippen LogP contribution in [0.5, 0.6) is 0 Å². The maximum Gasteiger partial charge on any atom is 0.127 e. The van der Waals surface area contributed by atoms with Gasteiger partial charge in [-0.25, -0.2) is 0 Å². The van der Waals surface area contributed by atoms with Gasteiger partial charge in [-0.3, -0.25) is 0 Å². The van der Waals surface area contributed by atoms with E-state index in [-0.39, 0.29) is 0 Å². The van der Waals surface area contributed by atoms with Gasteiger partial charge in [0.25, 0.3) is 0 Å². The Morgan fingerprint density at radius 3 is 0.522 bits per heavy atom. The van der Waals surface area contributed by atoms with Crippen LogP contribution in [0.2, 0.25) is 66.5 Å². The Kier molecular flexibility index (Phi) is 12.3. The van der Waals surface area contributed by atoms with Crippen LogP contribution in [0.4, 0.5) is 0 Å². The van der Waals surface area contributed by atoms with Crippen molar-refractivity contribution in [3.05, 3.63) is 0 Å². The maximum atomic E-state index is 5.54. The van der Waals surface area contributed by atoms with Gasteiger partial charge in [-0.1, -0.05) is 192 Å². The molecule has 46 heavy (non-hydrogen) atoms. The Balaban J connectivity index is 5.51. The predicted octanol–water partition coefficient (Wildman–Crippen LogP) is 15.0. The molecule has 1 rings (SSSR count). The lowest BCUT2D eigenvalue weighted by atomic mass is 10.2. The van der Waals surface area contributed by atoms with E-state index in [2.05, 4.69) is 192 Å². The molecular formula is C36H84Br2Si8. The van der Waals surface area contributed by atoms with Gasteiger partial charge in [0.1, 0.15) is 10.5 Å². The smallest absolute Gasteiger partial charge is 0.127 e. The van der Waals surface area contributed by atoms with Crippen LogP contribution in [0, 0.1) is 0 Å². The van der Waals surface area contributed by atoms with Gasteiger partial charge in [0.2, 0.25) is 0 Å². The minimum absolute atomic E-state index is 0.327. The molecule has 1 heterocycles. The number of hydrogen-bond acceptors (Lipinski definition) is 0. The summed E-state index contributed by atoms with van der Waals surface area (Å²) in [6.45, 7) is 75.9. The van der Waals surface area contributed by atoms with E-state index in [4.69, 9.17) is 30.6 Å². The molecule has 0 aromatic heterocycles. The first-order valence-electron chi connectivity index (χ1n) is 18.4. The van der Waals surface area contributed by atoms with Gasteiger partial charge in [0.15, 0.2) is 0 Å². The Hall–Kier alpha value is 2.70. The van der Waals surface area contributed by atoms with Crippen LogP contribution in [-0.2, 0) is 0 Å². The zero-order chi connectivity index (χ0) is 38.2. The van der Waals surface area contributed by atoms with Crippen molar-refractivity contribution in [1.29, 1.82) is 0 Å². The quantitative estimate of drug-likeness (QED) is 0.195. The van der Waals surface area contributed by atoms with Crippen LogP contribution < -0.4 is 0 Å². The van der Waals surface area contributed by atoms with E-state index < -0.39 is 54.7 Å². The van der Waals surface area contributed by atoms with Crippen molar-refractivity contribution in [2.45, 2.75) is 233 Å². The summed E-state index contributed by atoms with van der Waals surface area (Å²) in [6.07, 6.45) is 0. The molecular weight excluding hydrogens is 817 g/mol. The van der Waals surface area contributed by atoms with Crippen molar-refractivity contribution in [3.63, 3.8) is 0 Å². The SMILES string of the molecule is CC(C)(C)[Si](C)([Si]1=[Si]([Si](C)(C(C)(C)C)C(C)(C)C)[Si@](Br)([Si](C)(C(C)(C)C)C(C)(C)C)[Si@]1(Br)[Si](C)(C(C)(C)C)C(C)(C)C)C(C)(C)C. The summed E-state index contributed by atoms with van der Waals surface area (Å²) in [7, 11) is -7.93. The molecule has 2 atom stereocenters. The standard InChI is InChI=1S/C36H84Br2Si8/c1-29(2,3)41(25,30(4,5)6)39-40(42(26,31(7,8)9)32(10,11)12)46(38,44(28,35(19,20)21)36(22,23)24)45(39,37)43(27,33(13,14)15)34(16,17)18/h1-28H3/t45-,46+. The van der Waals surface area contributed by atoms with Crippen LogP contribution >= 0.6 is 30.6 Å². The molecule has 0 aromatic carbocycles. The molecule has 0 N–H and O–H groups in total. The van der Waals surface area contributed by atoms with E-state index in [1.165, 1.54) is 0 Å². The first-order valence-corrected chi connectivity index (χ1v) is 47.9. The molecule has 0 aromatic rings. The Bertz CT molecular complexity index is 1050. The van der Waals surface area contributed by atoms with E-state index in [1.807, 2.05) is 0 Å². The average Bonchev–Trinajstić information content (AvgIpc) is 2.72. The van der Waals surface area contributed by atoms with E-state index >= 15 is 0 Å². The molecule has 0 spiro atoms. The van der Waals surface area contributed by atoms with Crippen molar-refractivity contribution in [2.24, 2.45) is 0 Å². The van der Waals surface area contributed by atoms with Crippen molar-refractivity contribution in [2.75, 3.05) is 0 Å². The molecule has 10 heteroatoms. The zero-order valence-corrected chi connectivity index (χ0v) is 47.9. The monoisotopic (exact) mass is 898 g/mol. The molecule has 1 aliphatic rings. The highest BCUT2D eigenvalue weighted by molar-refractivity contribution is 9.43. The largest absolute Gasteiger partial charge is 0.132 e. The average molecular weight is 902 g/mol. The molecule has 0 saturated heterocycles. The molecule has 0 saturated carbocycles. The fraction of sp³-hybridized carbons (Fsp3) is 1.00. The van der Waals surface area contributed by atoms with Crippen molar-refractivity contribution in [1.82, 2.24) is 0 Å². The lowest BCUT2D eigenvalue weighted by Gasteiger charge is -2.80. The van der Waals surface area contributed by atoms with Gasteiger partial charge >= 0.3 is 0 Å². The van der Waals surface area contributed by atoms with Gasteiger partial charge in [0.05, 0.1) is 30.4 Å². The van der Waals surface area contributed by atoms with E-state index in [0.717, 1.165) is 0 Å². The van der Waals surface area contributed by atoms with Crippen LogP contribution in [-0.4, -0.2) is 54.7 Å². The maximum absolute atomic E-state index is 5.54. The van der Waals surface area contributed by atoms with Crippen molar-refractivity contribution < 1.29 is 0 Å². The molecule has 0 bridgehead atoms. The highest BCUT2D eigenvalue weighted by atomic mass is 79.9. The second kappa shape index (κ2) is 12.1. The summed E-state index contributed by atoms with van der Waals surface area (Å²) in [5.74, 6) is 0. The van der Waals surface area contributed by atoms with Crippen LogP contribution in [0.25, 0.3) is 0 Å². The second-order valence-electron chi connectivity index (χ2n) is 24.6. The molecule has 0 amide bonds. The lowest BCUT2D eigenvalue weighted by molar-refractivity contribution is 0.631. The summed E-state index contributed by atoms with van der Waals surface area (Å²) in [4.78, 5) is 0. The number of hydrogen-bond donors (Lipinski definition) is 0. The van der Waals surface area contributed by atoms with Crippen molar-refractivity contribution in [3.8, 4) is 0 Å². The van der Waals surface area contributed by atoms with Gasteiger partial charge in [0, 0.05) is 0 Å². The van der Waals surface area contributed by atoms with Crippen LogP contribution in [0.15, 0.2) is 0 Å². The Morgan fingerprint density at radius 1 is 0.304 bits per heavy atom. The number of rotatable bonds is 4. The fourth-order valence-electron chi connectivity index (χ4n) is 11.1. The van der Waals surface area contributed by atoms with Crippen molar-refractivity contribution >= 4 is 85.3 Å². The summed E-state index contributed by atoms with van der Waals surface area (Å²) < 4.78 is 0. The third-order valence-corrected chi connectivity index (χ3v) is 268. The second-order valence-corrected chi connectivity index (χ2v) is 123. The normalized spacial score (nSPS) is 24.4. The summed E-state index contributed by atoms with van der Waals surface area (Å²) in [5, 5.41) is -1.50. The Labute approximate surface area is 315 Å². The van der Waals surface area contributed by atoms with Crippen LogP contribution in [0.3, 0.4) is 0 Å². The lowest BCUT2D eigenvalue weighted by Crippen LogP contribution is -3.06. The first kappa shape index (κ1) is 46.7. The van der Waals surface area contributed by atoms with Crippen LogP contribution in [0.1, 0.15) is 166 Å². The summed E-state index contributed by atoms with van der Waals surface area (Å²) >= 11 is 11.1. The highest BCUT2D eigenvalue weighted by Crippen LogP contribution is 2.73. The summed E-state index contributed by atoms with van der Waals surface area (Å²) in [5.41, 5.74) is 0. The Morgan fingerprint density at radius 2 is 0.435 bits per heavy atom. The molecule has 0 fully saturated rings. The third kappa shape index (κ3) is 5.80. The highest BCUT2D eigenvalue weighted by Gasteiger charge is 2.89. The molecule has 274 valence electrons.